The van der Waals surface area contributed by atoms with E-state index in [1.165, 1.54) is 7.11 Å². The molecule has 1 N–H and O–H groups in total. The van der Waals surface area contributed by atoms with Crippen LogP contribution in [0.4, 0.5) is 5.69 Å². The summed E-state index contributed by atoms with van der Waals surface area (Å²) >= 11 is -2.32. The topological polar surface area (TPSA) is 61.4 Å². The molecule has 14 heavy (non-hydrogen) atoms. The van der Waals surface area contributed by atoms with Crippen molar-refractivity contribution in [2.24, 2.45) is 0 Å². The van der Waals surface area contributed by atoms with Crippen molar-refractivity contribution in [3.8, 4) is 5.75 Å². The number of rotatable bonds is 3. The summed E-state index contributed by atoms with van der Waals surface area (Å²) in [7, 11) is 1.49. The first kappa shape index (κ1) is 13.9. The molecule has 0 spiro atoms. The van der Waals surface area contributed by atoms with E-state index < -0.39 is 11.3 Å². The Labute approximate surface area is 108 Å². The number of anilines is 1. The molecule has 1 rings (SSSR count). The van der Waals surface area contributed by atoms with Crippen LogP contribution in [0.1, 0.15) is 5.56 Å². The summed E-state index contributed by atoms with van der Waals surface area (Å²) in [4.78, 5) is 0. The largest absolute Gasteiger partial charge is 0.755 e. The standard InChI is InChI=1S/C8H11NO3S.Na/c1-6-3-4-8(12-2)7(5-6)9-13(10)11;/h3-5,9H,1-2H3,(H,10,11);/p-1. The Morgan fingerprint density at radius 2 is 2.14 bits per heavy atom. The van der Waals surface area contributed by atoms with Gasteiger partial charge in [-0.25, -0.2) is 0 Å². The van der Waals surface area contributed by atoms with E-state index in [0.29, 0.717) is 11.4 Å². The van der Waals surface area contributed by atoms with E-state index in [-0.39, 0.29) is 29.6 Å². The van der Waals surface area contributed by atoms with Gasteiger partial charge in [-0.3, -0.25) is 4.21 Å². The normalized spacial score (nSPS) is 11.4. The Morgan fingerprint density at radius 3 is 2.64 bits per heavy atom. The molecule has 6 heteroatoms. The minimum atomic E-state index is -2.32. The number of hydrogen-bond donors (Lipinski definition) is 1. The summed E-state index contributed by atoms with van der Waals surface area (Å²) < 4.78 is 28.0. The smallest absolute Gasteiger partial charge is 0.142 e. The van der Waals surface area contributed by atoms with E-state index in [4.69, 9.17) is 4.74 Å². The first-order valence-corrected chi connectivity index (χ1v) is 4.71. The van der Waals surface area contributed by atoms with Gasteiger partial charge in [-0.05, 0) is 24.6 Å². The molecule has 0 saturated heterocycles. The van der Waals surface area contributed by atoms with Crippen LogP contribution >= 0.6 is 0 Å². The summed E-state index contributed by atoms with van der Waals surface area (Å²) in [5.74, 6) is 0.509. The Kier molecular flexibility index (Phi) is 6.39. The first-order valence-electron chi connectivity index (χ1n) is 3.64. The Balaban J connectivity index is 0.00000169. The maximum Gasteiger partial charge on any atom is 0.142 e. The van der Waals surface area contributed by atoms with Crippen LogP contribution < -0.4 is 9.46 Å². The molecule has 0 heterocycles. The fourth-order valence-corrected chi connectivity index (χ4v) is 1.33. The fourth-order valence-electron chi connectivity index (χ4n) is 0.991. The van der Waals surface area contributed by atoms with Gasteiger partial charge in [0.25, 0.3) is 0 Å². The maximum absolute atomic E-state index is 10.4. The molecule has 1 unspecified atom stereocenters. The van der Waals surface area contributed by atoms with E-state index in [1.807, 2.05) is 13.0 Å². The van der Waals surface area contributed by atoms with Crippen molar-refractivity contribution in [3.05, 3.63) is 23.8 Å². The van der Waals surface area contributed by atoms with Crippen molar-refractivity contribution in [1.29, 1.82) is 0 Å². The summed E-state index contributed by atoms with van der Waals surface area (Å²) in [6.07, 6.45) is 0. The predicted molar refractivity (Wildman–Crippen MR) is 56.0 cm³/mol. The van der Waals surface area contributed by atoms with E-state index in [9.17, 15) is 8.76 Å². The van der Waals surface area contributed by atoms with Crippen LogP contribution in [-0.2, 0) is 11.3 Å². The van der Waals surface area contributed by atoms with Gasteiger partial charge < -0.3 is 14.0 Å². The second-order valence-corrected chi connectivity index (χ2v) is 3.21. The number of hydrogen-bond acceptors (Lipinski definition) is 3. The molecule has 0 fully saturated rings. The average molecular weight is 223 g/mol. The monoisotopic (exact) mass is 223 g/mol. The molecule has 0 aromatic heterocycles. The third-order valence-corrected chi connectivity index (χ3v) is 1.93. The number of benzene rings is 1. The van der Waals surface area contributed by atoms with Gasteiger partial charge in [-0.1, -0.05) is 6.07 Å². The van der Waals surface area contributed by atoms with Crippen LogP contribution in [0.3, 0.4) is 0 Å². The Bertz CT molecular complexity index is 332. The zero-order valence-electron chi connectivity index (χ0n) is 8.37. The summed E-state index contributed by atoms with van der Waals surface area (Å²) in [6.45, 7) is 1.87. The van der Waals surface area contributed by atoms with Crippen molar-refractivity contribution >= 4 is 46.5 Å². The van der Waals surface area contributed by atoms with Gasteiger partial charge in [-0.2, -0.15) is 0 Å². The van der Waals surface area contributed by atoms with Crippen molar-refractivity contribution in [3.63, 3.8) is 0 Å². The van der Waals surface area contributed by atoms with Crippen LogP contribution in [0.5, 0.6) is 5.75 Å². The molecule has 73 valence electrons. The number of ether oxygens (including phenoxy) is 1. The maximum atomic E-state index is 10.4. The molecule has 4 nitrogen and oxygen atoms in total. The van der Waals surface area contributed by atoms with Crippen molar-refractivity contribution in [1.82, 2.24) is 0 Å². The third-order valence-electron chi connectivity index (χ3n) is 1.55. The molecule has 1 aromatic carbocycles. The summed E-state index contributed by atoms with van der Waals surface area (Å²) in [5, 5.41) is 0. The van der Waals surface area contributed by atoms with E-state index in [1.54, 1.807) is 12.1 Å². The molecule has 0 aliphatic rings. The third kappa shape index (κ3) is 3.98. The minimum Gasteiger partial charge on any atom is -0.755 e. The van der Waals surface area contributed by atoms with E-state index in [2.05, 4.69) is 4.72 Å². The van der Waals surface area contributed by atoms with E-state index >= 15 is 0 Å². The van der Waals surface area contributed by atoms with E-state index in [0.717, 1.165) is 5.56 Å². The quantitative estimate of drug-likeness (QED) is 0.609. The van der Waals surface area contributed by atoms with Crippen LogP contribution in [0.25, 0.3) is 0 Å². The molecule has 1 atom stereocenters. The Morgan fingerprint density at radius 1 is 1.50 bits per heavy atom. The summed E-state index contributed by atoms with van der Waals surface area (Å²) in [6, 6.07) is 5.26. The van der Waals surface area contributed by atoms with Gasteiger partial charge in [0.05, 0.1) is 12.8 Å². The molecular weight excluding hydrogens is 213 g/mol. The van der Waals surface area contributed by atoms with Crippen LogP contribution in [0, 0.1) is 6.92 Å². The number of methoxy groups -OCH3 is 1. The van der Waals surface area contributed by atoms with Crippen LogP contribution in [0.15, 0.2) is 18.2 Å². The molecular formula is C8H10NNaO3S-. The molecule has 0 bridgehead atoms. The van der Waals surface area contributed by atoms with Crippen LogP contribution in [0.2, 0.25) is 0 Å². The molecule has 0 aliphatic heterocycles. The van der Waals surface area contributed by atoms with Gasteiger partial charge in [0, 0.05) is 40.8 Å². The second-order valence-electron chi connectivity index (χ2n) is 2.54. The SMILES string of the molecule is COc1ccc(C)cc1NS(=O)[O-].[Na]. The van der Waals surface area contributed by atoms with Gasteiger partial charge in [0.15, 0.2) is 0 Å². The molecule has 0 amide bonds. The van der Waals surface area contributed by atoms with Crippen molar-refractivity contribution < 1.29 is 13.5 Å². The van der Waals surface area contributed by atoms with Gasteiger partial charge in [0.2, 0.25) is 0 Å². The molecule has 1 radical (unpaired) electrons. The van der Waals surface area contributed by atoms with Gasteiger partial charge in [-0.15, -0.1) is 0 Å². The average Bonchev–Trinajstić information content (AvgIpc) is 2.03. The minimum absolute atomic E-state index is 0. The molecule has 1 aromatic rings. The zero-order valence-corrected chi connectivity index (χ0v) is 11.2. The van der Waals surface area contributed by atoms with Gasteiger partial charge in [0.1, 0.15) is 5.75 Å². The number of aryl methyl sites for hydroxylation is 1. The van der Waals surface area contributed by atoms with Crippen molar-refractivity contribution in [2.45, 2.75) is 6.92 Å². The zero-order chi connectivity index (χ0) is 9.84. The number of nitrogens with one attached hydrogen (secondary N) is 1. The van der Waals surface area contributed by atoms with Crippen LogP contribution in [-0.4, -0.2) is 45.4 Å². The fraction of sp³-hybridized carbons (Fsp3) is 0.250. The molecule has 0 saturated carbocycles. The summed E-state index contributed by atoms with van der Waals surface area (Å²) in [5.41, 5.74) is 1.42. The second kappa shape index (κ2) is 6.42. The predicted octanol–water partition coefficient (Wildman–Crippen LogP) is 0.829. The molecule has 0 aliphatic carbocycles. The van der Waals surface area contributed by atoms with Gasteiger partial charge >= 0.3 is 0 Å². The first-order chi connectivity index (χ1) is 6.13. The Hall–Kier alpha value is -0.0700. The van der Waals surface area contributed by atoms with Crippen molar-refractivity contribution in [2.75, 3.05) is 11.8 Å².